The van der Waals surface area contributed by atoms with E-state index in [1.807, 2.05) is 0 Å². The number of nitrogens with zero attached hydrogens (tertiary/aromatic N) is 2. The quantitative estimate of drug-likeness (QED) is 0.351. The van der Waals surface area contributed by atoms with Crippen molar-refractivity contribution < 1.29 is 34.6 Å². The molecule has 5 atom stereocenters. The molecule has 0 aliphatic rings. The van der Waals surface area contributed by atoms with Gasteiger partial charge in [-0.2, -0.15) is 0 Å². The molecular weight excluding hydrogens is 344 g/mol. The minimum Gasteiger partial charge on any atom is -0.394 e. The lowest BCUT2D eigenvalue weighted by Gasteiger charge is -2.28. The molecule has 26 heavy (non-hydrogen) atoms. The summed E-state index contributed by atoms with van der Waals surface area (Å²) in [6.45, 7) is 3.57. The van der Waals surface area contributed by atoms with Gasteiger partial charge in [0.2, 0.25) is 0 Å². The summed E-state index contributed by atoms with van der Waals surface area (Å²) in [5.74, 6) is 0. The highest BCUT2D eigenvalue weighted by molar-refractivity contribution is 5.09. The lowest BCUT2D eigenvalue weighted by molar-refractivity contribution is -0.124. The van der Waals surface area contributed by atoms with Crippen LogP contribution in [0, 0.1) is 0 Å². The fourth-order valence-electron chi connectivity index (χ4n) is 2.52. The van der Waals surface area contributed by atoms with Gasteiger partial charge in [-0.25, -0.2) is 0 Å². The summed E-state index contributed by atoms with van der Waals surface area (Å²) in [7, 11) is 1.41. The molecule has 0 saturated carbocycles. The van der Waals surface area contributed by atoms with Crippen LogP contribution in [0.5, 0.6) is 0 Å². The molecule has 0 spiro atoms. The molecule has 9 heteroatoms. The summed E-state index contributed by atoms with van der Waals surface area (Å²) in [6.07, 6.45) is -1.26. The molecule has 4 N–H and O–H groups in total. The molecule has 0 fully saturated rings. The first-order valence-electron chi connectivity index (χ1n) is 8.66. The molecule has 0 amide bonds. The van der Waals surface area contributed by atoms with Gasteiger partial charge in [-0.3, -0.25) is 9.97 Å². The first-order chi connectivity index (χ1) is 12.5. The van der Waals surface area contributed by atoms with Crippen LogP contribution in [-0.2, 0) is 20.6 Å². The smallest absolute Gasteiger partial charge is 0.129 e. The lowest BCUT2D eigenvalue weighted by Crippen LogP contribution is -2.38. The van der Waals surface area contributed by atoms with E-state index in [2.05, 4.69) is 9.97 Å². The highest BCUT2D eigenvalue weighted by Gasteiger charge is 2.31. The van der Waals surface area contributed by atoms with E-state index >= 15 is 0 Å². The molecule has 1 rings (SSSR count). The average Bonchev–Trinajstić information content (AvgIpc) is 2.65. The van der Waals surface area contributed by atoms with Crippen molar-refractivity contribution in [2.45, 2.75) is 50.8 Å². The largest absolute Gasteiger partial charge is 0.394 e. The molecule has 0 bridgehead atoms. The van der Waals surface area contributed by atoms with E-state index in [0.717, 1.165) is 0 Å². The van der Waals surface area contributed by atoms with Crippen molar-refractivity contribution in [1.82, 2.24) is 9.97 Å². The van der Waals surface area contributed by atoms with Crippen molar-refractivity contribution in [3.05, 3.63) is 23.8 Å². The van der Waals surface area contributed by atoms with Crippen LogP contribution in [0.25, 0.3) is 0 Å². The normalized spacial score (nSPS) is 17.5. The van der Waals surface area contributed by atoms with Crippen LogP contribution in [0.15, 0.2) is 12.4 Å². The van der Waals surface area contributed by atoms with Crippen LogP contribution in [0.4, 0.5) is 0 Å². The Morgan fingerprint density at radius 3 is 2.08 bits per heavy atom. The first-order valence-corrected chi connectivity index (χ1v) is 8.66. The molecule has 0 radical (unpaired) electrons. The standard InChI is InChI=1S/C17H30N2O7/c1-4-25-15(10-21)16(23)17(26-5-2)12-8-18-11(7-19-12)6-13(22)14(9-20)24-3/h7-8,13-17,20-23H,4-6,9-10H2,1-3H3/t13-,14-,15-,16+,17-/m0/s1. The topological polar surface area (TPSA) is 134 Å². The molecule has 1 aromatic heterocycles. The highest BCUT2D eigenvalue weighted by atomic mass is 16.5. The maximum Gasteiger partial charge on any atom is 0.129 e. The molecule has 0 saturated heterocycles. The number of aromatic nitrogens is 2. The molecule has 0 aliphatic heterocycles. The molecule has 0 unspecified atom stereocenters. The minimum atomic E-state index is -1.11. The van der Waals surface area contributed by atoms with Crippen molar-refractivity contribution in [3.63, 3.8) is 0 Å². The van der Waals surface area contributed by atoms with Gasteiger partial charge >= 0.3 is 0 Å². The van der Waals surface area contributed by atoms with E-state index in [4.69, 9.17) is 19.3 Å². The van der Waals surface area contributed by atoms with Gasteiger partial charge in [-0.1, -0.05) is 0 Å². The van der Waals surface area contributed by atoms with E-state index < -0.39 is 30.5 Å². The number of hydrogen-bond acceptors (Lipinski definition) is 9. The Hall–Kier alpha value is -1.20. The van der Waals surface area contributed by atoms with Crippen molar-refractivity contribution >= 4 is 0 Å². The van der Waals surface area contributed by atoms with Crippen LogP contribution in [0.1, 0.15) is 31.3 Å². The molecule has 9 nitrogen and oxygen atoms in total. The third kappa shape index (κ3) is 6.51. The predicted molar refractivity (Wildman–Crippen MR) is 92.5 cm³/mol. The van der Waals surface area contributed by atoms with Crippen LogP contribution in [0.3, 0.4) is 0 Å². The number of aliphatic hydroxyl groups excluding tert-OH is 4. The molecule has 0 aliphatic carbocycles. The molecular formula is C17H30N2O7. The van der Waals surface area contributed by atoms with Gasteiger partial charge in [0.15, 0.2) is 0 Å². The first kappa shape index (κ1) is 22.8. The van der Waals surface area contributed by atoms with Crippen molar-refractivity contribution in [3.8, 4) is 0 Å². The van der Waals surface area contributed by atoms with E-state index in [1.54, 1.807) is 13.8 Å². The van der Waals surface area contributed by atoms with E-state index in [9.17, 15) is 15.3 Å². The average molecular weight is 374 g/mol. The molecule has 0 aromatic carbocycles. The summed E-state index contributed by atoms with van der Waals surface area (Å²) < 4.78 is 15.9. The van der Waals surface area contributed by atoms with E-state index in [1.165, 1.54) is 19.5 Å². The number of methoxy groups -OCH3 is 1. The Bertz CT molecular complexity index is 485. The SMILES string of the molecule is CCO[C@@H](CO)[C@@H](O)[C@@H](OCC)c1cnc(C[C@H](O)[C@H](CO)OC)cn1. The van der Waals surface area contributed by atoms with Gasteiger partial charge in [-0.15, -0.1) is 0 Å². The van der Waals surface area contributed by atoms with Crippen molar-refractivity contribution in [2.75, 3.05) is 33.5 Å². The van der Waals surface area contributed by atoms with Gasteiger partial charge in [0.05, 0.1) is 36.9 Å². The van der Waals surface area contributed by atoms with Crippen LogP contribution in [0.2, 0.25) is 0 Å². The molecule has 1 aromatic rings. The van der Waals surface area contributed by atoms with Gasteiger partial charge in [0, 0.05) is 32.9 Å². The van der Waals surface area contributed by atoms with E-state index in [0.29, 0.717) is 24.6 Å². The summed E-state index contributed by atoms with van der Waals surface area (Å²) >= 11 is 0. The van der Waals surface area contributed by atoms with Crippen molar-refractivity contribution in [1.29, 1.82) is 0 Å². The molecule has 1 heterocycles. The summed E-state index contributed by atoms with van der Waals surface area (Å²) in [6, 6.07) is 0. The number of aliphatic hydroxyl groups is 4. The van der Waals surface area contributed by atoms with Crippen LogP contribution >= 0.6 is 0 Å². The van der Waals surface area contributed by atoms with Crippen LogP contribution < -0.4 is 0 Å². The third-order valence-electron chi connectivity index (χ3n) is 3.94. The Kier molecular flexibility index (Phi) is 10.7. The zero-order valence-corrected chi connectivity index (χ0v) is 15.5. The second-order valence-corrected chi connectivity index (χ2v) is 5.70. The number of ether oxygens (including phenoxy) is 3. The van der Waals surface area contributed by atoms with Crippen LogP contribution in [-0.4, -0.2) is 88.3 Å². The fourth-order valence-corrected chi connectivity index (χ4v) is 2.52. The summed E-state index contributed by atoms with van der Waals surface area (Å²) in [5.41, 5.74) is 0.895. The zero-order valence-electron chi connectivity index (χ0n) is 15.5. The second-order valence-electron chi connectivity index (χ2n) is 5.70. The fraction of sp³-hybridized carbons (Fsp3) is 0.765. The maximum atomic E-state index is 10.5. The van der Waals surface area contributed by atoms with Gasteiger partial charge in [-0.05, 0) is 13.8 Å². The Morgan fingerprint density at radius 1 is 0.962 bits per heavy atom. The lowest BCUT2D eigenvalue weighted by atomic mass is 10.0. The maximum absolute atomic E-state index is 10.5. The molecule has 150 valence electrons. The zero-order chi connectivity index (χ0) is 19.5. The van der Waals surface area contributed by atoms with Gasteiger partial charge in [0.1, 0.15) is 24.4 Å². The third-order valence-corrected chi connectivity index (χ3v) is 3.94. The number of rotatable bonds is 13. The minimum absolute atomic E-state index is 0.159. The highest BCUT2D eigenvalue weighted by Crippen LogP contribution is 2.23. The van der Waals surface area contributed by atoms with Gasteiger partial charge in [0.25, 0.3) is 0 Å². The monoisotopic (exact) mass is 374 g/mol. The number of hydrogen-bond donors (Lipinski definition) is 4. The summed E-state index contributed by atoms with van der Waals surface area (Å²) in [5, 5.41) is 39.0. The van der Waals surface area contributed by atoms with E-state index in [-0.39, 0.29) is 19.6 Å². The predicted octanol–water partition coefficient (Wildman–Crippen LogP) is -0.777. The second kappa shape index (κ2) is 12.2. The van der Waals surface area contributed by atoms with Gasteiger partial charge < -0.3 is 34.6 Å². The Morgan fingerprint density at radius 2 is 1.62 bits per heavy atom. The Balaban J connectivity index is 2.87. The van der Waals surface area contributed by atoms with Crippen molar-refractivity contribution in [2.24, 2.45) is 0 Å². The summed E-state index contributed by atoms with van der Waals surface area (Å²) in [4.78, 5) is 8.49. The Labute approximate surface area is 153 Å².